The number of nitrogens with zero attached hydrogens (tertiary/aromatic N) is 1. The molecule has 2 N–H and O–H groups in total. The molecule has 2 atom stereocenters. The van der Waals surface area contributed by atoms with Gasteiger partial charge in [0.05, 0.1) is 0 Å². The lowest BCUT2D eigenvalue weighted by atomic mass is 9.92. The molecular formula is C18H28N2O2. The molecule has 2 rings (SSSR count). The van der Waals surface area contributed by atoms with Crippen LogP contribution in [-0.4, -0.2) is 36.5 Å². The molecule has 1 fully saturated rings. The summed E-state index contributed by atoms with van der Waals surface area (Å²) in [6.07, 6.45) is 2.04. The monoisotopic (exact) mass is 304 g/mol. The van der Waals surface area contributed by atoms with Gasteiger partial charge in [-0.3, -0.25) is 4.79 Å². The summed E-state index contributed by atoms with van der Waals surface area (Å²) in [5, 5.41) is 0. The predicted octanol–water partition coefficient (Wildman–Crippen LogP) is 2.58. The number of hydrogen-bond donors (Lipinski definition) is 1. The standard InChI is InChI=1S/C18H28N2O2/c1-12-5-6-20(16(9-12)10-19)17(21)11-22-18-14(3)7-13(2)8-15(18)4/h7-8,12,16H,5-6,9-11,19H2,1-4H3. The van der Waals surface area contributed by atoms with Crippen molar-refractivity contribution in [1.29, 1.82) is 0 Å². The molecule has 2 unspecified atom stereocenters. The van der Waals surface area contributed by atoms with E-state index in [2.05, 4.69) is 26.0 Å². The van der Waals surface area contributed by atoms with E-state index < -0.39 is 0 Å². The van der Waals surface area contributed by atoms with Gasteiger partial charge in [-0.15, -0.1) is 0 Å². The summed E-state index contributed by atoms with van der Waals surface area (Å²) in [5.74, 6) is 1.51. The van der Waals surface area contributed by atoms with Crippen LogP contribution in [0.5, 0.6) is 5.75 Å². The highest BCUT2D eigenvalue weighted by Crippen LogP contribution is 2.25. The van der Waals surface area contributed by atoms with E-state index in [4.69, 9.17) is 10.5 Å². The number of nitrogens with two attached hydrogens (primary N) is 1. The van der Waals surface area contributed by atoms with Gasteiger partial charge in [-0.25, -0.2) is 0 Å². The SMILES string of the molecule is Cc1cc(C)c(OCC(=O)N2CCC(C)CC2CN)c(C)c1. The fourth-order valence-corrected chi connectivity index (χ4v) is 3.41. The van der Waals surface area contributed by atoms with Crippen molar-refractivity contribution in [2.75, 3.05) is 19.7 Å². The van der Waals surface area contributed by atoms with Gasteiger partial charge in [0.1, 0.15) is 5.75 Å². The van der Waals surface area contributed by atoms with Crippen molar-refractivity contribution in [3.05, 3.63) is 28.8 Å². The number of benzene rings is 1. The van der Waals surface area contributed by atoms with Gasteiger partial charge in [-0.1, -0.05) is 24.6 Å². The highest BCUT2D eigenvalue weighted by molar-refractivity contribution is 5.78. The molecule has 1 amide bonds. The van der Waals surface area contributed by atoms with Crippen LogP contribution in [0.15, 0.2) is 12.1 Å². The molecule has 22 heavy (non-hydrogen) atoms. The Morgan fingerprint density at radius 3 is 2.55 bits per heavy atom. The van der Waals surface area contributed by atoms with Crippen molar-refractivity contribution < 1.29 is 9.53 Å². The number of aryl methyl sites for hydroxylation is 3. The molecule has 0 bridgehead atoms. The van der Waals surface area contributed by atoms with E-state index in [-0.39, 0.29) is 18.6 Å². The van der Waals surface area contributed by atoms with E-state index in [1.807, 2.05) is 18.7 Å². The molecule has 4 nitrogen and oxygen atoms in total. The molecule has 0 aromatic heterocycles. The Balaban J connectivity index is 2.01. The van der Waals surface area contributed by atoms with E-state index in [1.165, 1.54) is 5.56 Å². The Morgan fingerprint density at radius 1 is 1.32 bits per heavy atom. The zero-order valence-corrected chi connectivity index (χ0v) is 14.2. The zero-order chi connectivity index (χ0) is 16.3. The number of ether oxygens (including phenoxy) is 1. The molecule has 1 aliphatic rings. The van der Waals surface area contributed by atoms with Crippen LogP contribution in [0.4, 0.5) is 0 Å². The summed E-state index contributed by atoms with van der Waals surface area (Å²) >= 11 is 0. The van der Waals surface area contributed by atoms with E-state index >= 15 is 0 Å². The van der Waals surface area contributed by atoms with Gasteiger partial charge in [-0.05, 0) is 50.7 Å². The summed E-state index contributed by atoms with van der Waals surface area (Å²) in [6, 6.07) is 4.32. The lowest BCUT2D eigenvalue weighted by Crippen LogP contribution is -2.50. The Kier molecular flexibility index (Phi) is 5.46. The van der Waals surface area contributed by atoms with Crippen molar-refractivity contribution in [3.8, 4) is 5.75 Å². The molecule has 0 spiro atoms. The third-order valence-corrected chi connectivity index (χ3v) is 4.52. The maximum Gasteiger partial charge on any atom is 0.260 e. The largest absolute Gasteiger partial charge is 0.483 e. The van der Waals surface area contributed by atoms with E-state index in [0.717, 1.165) is 36.3 Å². The van der Waals surface area contributed by atoms with Gasteiger partial charge in [-0.2, -0.15) is 0 Å². The molecule has 0 saturated carbocycles. The van der Waals surface area contributed by atoms with Crippen LogP contribution in [0.3, 0.4) is 0 Å². The lowest BCUT2D eigenvalue weighted by molar-refractivity contribution is -0.137. The summed E-state index contributed by atoms with van der Waals surface area (Å²) in [7, 11) is 0. The minimum atomic E-state index is 0.0433. The summed E-state index contributed by atoms with van der Waals surface area (Å²) in [4.78, 5) is 14.4. The van der Waals surface area contributed by atoms with Crippen molar-refractivity contribution >= 4 is 5.91 Å². The van der Waals surface area contributed by atoms with Gasteiger partial charge < -0.3 is 15.4 Å². The van der Waals surface area contributed by atoms with Crippen molar-refractivity contribution in [2.45, 2.75) is 46.6 Å². The lowest BCUT2D eigenvalue weighted by Gasteiger charge is -2.38. The maximum atomic E-state index is 12.5. The summed E-state index contributed by atoms with van der Waals surface area (Å²) in [5.41, 5.74) is 9.19. The number of amides is 1. The molecule has 1 aromatic rings. The molecule has 1 saturated heterocycles. The number of piperidine rings is 1. The quantitative estimate of drug-likeness (QED) is 0.930. The first kappa shape index (κ1) is 16.8. The Morgan fingerprint density at radius 2 is 1.95 bits per heavy atom. The molecule has 0 aliphatic carbocycles. The van der Waals surface area contributed by atoms with E-state index in [0.29, 0.717) is 12.5 Å². The topological polar surface area (TPSA) is 55.6 Å². The molecule has 122 valence electrons. The highest BCUT2D eigenvalue weighted by atomic mass is 16.5. The predicted molar refractivity (Wildman–Crippen MR) is 89.1 cm³/mol. The second-order valence-corrected chi connectivity index (χ2v) is 6.62. The molecular weight excluding hydrogens is 276 g/mol. The zero-order valence-electron chi connectivity index (χ0n) is 14.2. The molecule has 1 aliphatic heterocycles. The fourth-order valence-electron chi connectivity index (χ4n) is 3.41. The second-order valence-electron chi connectivity index (χ2n) is 6.62. The van der Waals surface area contributed by atoms with E-state index in [1.54, 1.807) is 0 Å². The van der Waals surface area contributed by atoms with Crippen molar-refractivity contribution in [1.82, 2.24) is 4.90 Å². The second kappa shape index (κ2) is 7.14. The average molecular weight is 304 g/mol. The smallest absolute Gasteiger partial charge is 0.260 e. The van der Waals surface area contributed by atoms with Crippen LogP contribution < -0.4 is 10.5 Å². The number of hydrogen-bond acceptors (Lipinski definition) is 3. The number of carbonyl (C=O) groups is 1. The Hall–Kier alpha value is -1.55. The van der Waals surface area contributed by atoms with Gasteiger partial charge in [0.2, 0.25) is 0 Å². The third-order valence-electron chi connectivity index (χ3n) is 4.52. The third kappa shape index (κ3) is 3.80. The fraction of sp³-hybridized carbons (Fsp3) is 0.611. The Bertz CT molecular complexity index is 519. The minimum Gasteiger partial charge on any atom is -0.483 e. The number of rotatable bonds is 4. The molecule has 1 heterocycles. The van der Waals surface area contributed by atoms with Crippen LogP contribution in [0.2, 0.25) is 0 Å². The maximum absolute atomic E-state index is 12.5. The minimum absolute atomic E-state index is 0.0433. The number of carbonyl (C=O) groups excluding carboxylic acids is 1. The van der Waals surface area contributed by atoms with Gasteiger partial charge in [0, 0.05) is 19.1 Å². The van der Waals surface area contributed by atoms with Gasteiger partial charge >= 0.3 is 0 Å². The molecule has 1 aromatic carbocycles. The van der Waals surface area contributed by atoms with Crippen molar-refractivity contribution in [2.24, 2.45) is 11.7 Å². The first-order valence-electron chi connectivity index (χ1n) is 8.12. The van der Waals surface area contributed by atoms with Crippen LogP contribution in [0.25, 0.3) is 0 Å². The molecule has 0 radical (unpaired) electrons. The number of likely N-dealkylation sites (tertiary alicyclic amines) is 1. The average Bonchev–Trinajstić information content (AvgIpc) is 2.45. The Labute approximate surface area is 133 Å². The van der Waals surface area contributed by atoms with Crippen LogP contribution in [-0.2, 0) is 4.79 Å². The first-order valence-corrected chi connectivity index (χ1v) is 8.12. The summed E-state index contributed by atoms with van der Waals surface area (Å²) < 4.78 is 5.83. The van der Waals surface area contributed by atoms with E-state index in [9.17, 15) is 4.79 Å². The van der Waals surface area contributed by atoms with Gasteiger partial charge in [0.15, 0.2) is 6.61 Å². The van der Waals surface area contributed by atoms with Crippen LogP contribution in [0.1, 0.15) is 36.5 Å². The van der Waals surface area contributed by atoms with Crippen molar-refractivity contribution in [3.63, 3.8) is 0 Å². The highest BCUT2D eigenvalue weighted by Gasteiger charge is 2.29. The van der Waals surface area contributed by atoms with Gasteiger partial charge in [0.25, 0.3) is 5.91 Å². The first-order chi connectivity index (χ1) is 10.4. The van der Waals surface area contributed by atoms with Crippen LogP contribution >= 0.6 is 0 Å². The molecule has 4 heteroatoms. The summed E-state index contributed by atoms with van der Waals surface area (Å²) in [6.45, 7) is 9.73. The van der Waals surface area contributed by atoms with Crippen LogP contribution in [0, 0.1) is 26.7 Å². The normalized spacial score (nSPS) is 21.8.